The number of nitrogens with one attached hydrogen (secondary N) is 1. The first-order valence-corrected chi connectivity index (χ1v) is 4.93. The van der Waals surface area contributed by atoms with E-state index in [1.54, 1.807) is 24.7 Å². The zero-order valence-corrected chi connectivity index (χ0v) is 8.97. The number of hydrogen-bond acceptors (Lipinski definition) is 5. The van der Waals surface area contributed by atoms with Gasteiger partial charge in [-0.3, -0.25) is 10.8 Å². The van der Waals surface area contributed by atoms with Crippen LogP contribution in [0.15, 0.2) is 35.2 Å². The molecule has 0 amide bonds. The summed E-state index contributed by atoms with van der Waals surface area (Å²) in [5, 5.41) is 0. The number of nitrogen functional groups attached to an aromatic ring is 1. The van der Waals surface area contributed by atoms with Gasteiger partial charge in [-0.1, -0.05) is 0 Å². The van der Waals surface area contributed by atoms with Crippen molar-refractivity contribution in [1.29, 1.82) is 0 Å². The highest BCUT2D eigenvalue weighted by molar-refractivity contribution is 5.49. The molecule has 2 heterocycles. The number of aryl methyl sites for hydroxylation is 1. The largest absolute Gasteiger partial charge is 0.469 e. The molecule has 0 saturated carbocycles. The average molecular weight is 218 g/mol. The topological polar surface area (TPSA) is 90.1 Å². The van der Waals surface area contributed by atoms with E-state index in [0.717, 1.165) is 16.9 Å². The van der Waals surface area contributed by atoms with Crippen LogP contribution in [0.2, 0.25) is 0 Å². The third-order valence-corrected chi connectivity index (χ3v) is 2.57. The standard InChI is InChI=1S/C11H14N4O/c1-7-8(3-5-16-7)11(15-13)9-6-14-4-2-10(9)12/h2-6,11,15H,13H2,1H3,(H2,12,14). The molecule has 84 valence electrons. The molecule has 0 aromatic carbocycles. The van der Waals surface area contributed by atoms with E-state index in [2.05, 4.69) is 10.4 Å². The predicted octanol–water partition coefficient (Wildman–Crippen LogP) is 1.12. The van der Waals surface area contributed by atoms with Crippen molar-refractivity contribution >= 4 is 5.69 Å². The molecular weight excluding hydrogens is 204 g/mol. The molecule has 0 saturated heterocycles. The second-order valence-electron chi connectivity index (χ2n) is 3.54. The molecule has 2 aromatic rings. The van der Waals surface area contributed by atoms with Crippen molar-refractivity contribution in [2.75, 3.05) is 5.73 Å². The third-order valence-electron chi connectivity index (χ3n) is 2.57. The zero-order chi connectivity index (χ0) is 11.5. The SMILES string of the molecule is Cc1occc1C(NN)c1cnccc1N. The molecule has 5 N–H and O–H groups in total. The molecule has 1 atom stereocenters. The molecule has 0 aliphatic carbocycles. The number of nitrogens with zero attached hydrogens (tertiary/aromatic N) is 1. The molecule has 2 rings (SSSR count). The average Bonchev–Trinajstić information content (AvgIpc) is 2.69. The van der Waals surface area contributed by atoms with E-state index in [1.165, 1.54) is 0 Å². The summed E-state index contributed by atoms with van der Waals surface area (Å²) in [5.74, 6) is 6.37. The summed E-state index contributed by atoms with van der Waals surface area (Å²) in [7, 11) is 0. The summed E-state index contributed by atoms with van der Waals surface area (Å²) in [6.45, 7) is 1.88. The Hall–Kier alpha value is -1.85. The number of pyridine rings is 1. The van der Waals surface area contributed by atoms with E-state index in [0.29, 0.717) is 5.69 Å². The van der Waals surface area contributed by atoms with E-state index < -0.39 is 0 Å². The maximum Gasteiger partial charge on any atom is 0.105 e. The van der Waals surface area contributed by atoms with Crippen LogP contribution in [0.3, 0.4) is 0 Å². The summed E-state index contributed by atoms with van der Waals surface area (Å²) < 4.78 is 5.25. The van der Waals surface area contributed by atoms with Crippen molar-refractivity contribution in [3.05, 3.63) is 47.7 Å². The molecule has 5 nitrogen and oxygen atoms in total. The first-order valence-electron chi connectivity index (χ1n) is 4.93. The number of rotatable bonds is 3. The summed E-state index contributed by atoms with van der Waals surface area (Å²) in [5.41, 5.74) is 11.1. The molecule has 2 aromatic heterocycles. The quantitative estimate of drug-likeness (QED) is 0.530. The van der Waals surface area contributed by atoms with Gasteiger partial charge in [0.25, 0.3) is 0 Å². The second-order valence-corrected chi connectivity index (χ2v) is 3.54. The van der Waals surface area contributed by atoms with E-state index in [4.69, 9.17) is 16.0 Å². The maximum absolute atomic E-state index is 5.89. The van der Waals surface area contributed by atoms with Gasteiger partial charge in [0.15, 0.2) is 0 Å². The van der Waals surface area contributed by atoms with E-state index in [-0.39, 0.29) is 6.04 Å². The van der Waals surface area contributed by atoms with Crippen LogP contribution in [0.1, 0.15) is 22.9 Å². The van der Waals surface area contributed by atoms with Crippen LogP contribution in [0.5, 0.6) is 0 Å². The summed E-state index contributed by atoms with van der Waals surface area (Å²) >= 11 is 0. The number of anilines is 1. The van der Waals surface area contributed by atoms with Gasteiger partial charge < -0.3 is 10.2 Å². The molecule has 1 unspecified atom stereocenters. The predicted molar refractivity (Wildman–Crippen MR) is 61.3 cm³/mol. The Balaban J connectivity index is 2.45. The number of hydrogen-bond donors (Lipinski definition) is 3. The van der Waals surface area contributed by atoms with Gasteiger partial charge in [-0.05, 0) is 19.1 Å². The number of hydrazine groups is 1. The second kappa shape index (κ2) is 4.34. The number of nitrogens with two attached hydrogens (primary N) is 2. The van der Waals surface area contributed by atoms with Crippen molar-refractivity contribution in [2.45, 2.75) is 13.0 Å². The highest BCUT2D eigenvalue weighted by atomic mass is 16.3. The molecular formula is C11H14N4O. The number of furan rings is 1. The fraction of sp³-hybridized carbons (Fsp3) is 0.182. The monoisotopic (exact) mass is 218 g/mol. The highest BCUT2D eigenvalue weighted by Gasteiger charge is 2.18. The van der Waals surface area contributed by atoms with Crippen LogP contribution in [0.25, 0.3) is 0 Å². The summed E-state index contributed by atoms with van der Waals surface area (Å²) in [6.07, 6.45) is 4.97. The van der Waals surface area contributed by atoms with Crippen molar-refractivity contribution in [1.82, 2.24) is 10.4 Å². The van der Waals surface area contributed by atoms with Crippen molar-refractivity contribution < 1.29 is 4.42 Å². The normalized spacial score (nSPS) is 12.6. The van der Waals surface area contributed by atoms with Crippen LogP contribution in [-0.4, -0.2) is 4.98 Å². The Morgan fingerprint density at radius 3 is 2.75 bits per heavy atom. The Kier molecular flexibility index (Phi) is 2.89. The molecule has 0 spiro atoms. The Labute approximate surface area is 93.4 Å². The highest BCUT2D eigenvalue weighted by Crippen LogP contribution is 2.27. The van der Waals surface area contributed by atoms with Gasteiger partial charge in [0.1, 0.15) is 5.76 Å². The maximum atomic E-state index is 5.89. The minimum absolute atomic E-state index is 0.201. The van der Waals surface area contributed by atoms with Gasteiger partial charge in [0.2, 0.25) is 0 Å². The van der Waals surface area contributed by atoms with Gasteiger partial charge in [0, 0.05) is 29.2 Å². The smallest absolute Gasteiger partial charge is 0.105 e. The van der Waals surface area contributed by atoms with E-state index in [1.807, 2.05) is 13.0 Å². The minimum atomic E-state index is -0.201. The van der Waals surface area contributed by atoms with E-state index in [9.17, 15) is 0 Å². The van der Waals surface area contributed by atoms with Crippen molar-refractivity contribution in [3.63, 3.8) is 0 Å². The van der Waals surface area contributed by atoms with Crippen LogP contribution >= 0.6 is 0 Å². The molecule has 16 heavy (non-hydrogen) atoms. The zero-order valence-electron chi connectivity index (χ0n) is 8.97. The first kappa shape index (κ1) is 10.7. The van der Waals surface area contributed by atoms with E-state index >= 15 is 0 Å². The molecule has 0 aliphatic rings. The third kappa shape index (κ3) is 1.78. The minimum Gasteiger partial charge on any atom is -0.469 e. The van der Waals surface area contributed by atoms with Gasteiger partial charge >= 0.3 is 0 Å². The number of aromatic nitrogens is 1. The van der Waals surface area contributed by atoms with Crippen LogP contribution < -0.4 is 17.0 Å². The molecule has 0 aliphatic heterocycles. The lowest BCUT2D eigenvalue weighted by Gasteiger charge is -2.17. The first-order chi connectivity index (χ1) is 7.74. The summed E-state index contributed by atoms with van der Waals surface area (Å²) in [4.78, 5) is 4.05. The van der Waals surface area contributed by atoms with Crippen molar-refractivity contribution in [3.8, 4) is 0 Å². The summed E-state index contributed by atoms with van der Waals surface area (Å²) in [6, 6.07) is 3.41. The Morgan fingerprint density at radius 1 is 1.38 bits per heavy atom. The van der Waals surface area contributed by atoms with Gasteiger partial charge in [0.05, 0.1) is 12.3 Å². The lowest BCUT2D eigenvalue weighted by atomic mass is 10.0. The molecule has 0 fully saturated rings. The van der Waals surface area contributed by atoms with Crippen molar-refractivity contribution in [2.24, 2.45) is 5.84 Å². The molecule has 0 radical (unpaired) electrons. The van der Waals surface area contributed by atoms with Gasteiger partial charge in [-0.2, -0.15) is 0 Å². The molecule has 5 heteroatoms. The fourth-order valence-corrected chi connectivity index (χ4v) is 1.70. The van der Waals surface area contributed by atoms with Crippen LogP contribution in [-0.2, 0) is 0 Å². The van der Waals surface area contributed by atoms with Gasteiger partial charge in [-0.15, -0.1) is 0 Å². The molecule has 0 bridgehead atoms. The lowest BCUT2D eigenvalue weighted by molar-refractivity contribution is 0.520. The Bertz CT molecular complexity index is 480. The fourth-order valence-electron chi connectivity index (χ4n) is 1.70. The lowest BCUT2D eigenvalue weighted by Crippen LogP contribution is -2.29. The van der Waals surface area contributed by atoms with Crippen LogP contribution in [0, 0.1) is 6.92 Å². The Morgan fingerprint density at radius 2 is 2.19 bits per heavy atom. The van der Waals surface area contributed by atoms with Crippen LogP contribution in [0.4, 0.5) is 5.69 Å². The van der Waals surface area contributed by atoms with Gasteiger partial charge in [-0.25, -0.2) is 5.43 Å².